The number of allylic oxidation sites excluding steroid dienone is 5. The molecule has 0 bridgehead atoms. The summed E-state index contributed by atoms with van der Waals surface area (Å²) < 4.78 is 0. The highest BCUT2D eigenvalue weighted by molar-refractivity contribution is 5.40. The monoisotopic (exact) mass is 109 g/mol. The zero-order chi connectivity index (χ0) is 5.98. The molecule has 0 radical (unpaired) electrons. The van der Waals surface area contributed by atoms with Gasteiger partial charge in [0, 0.05) is 5.57 Å². The minimum atomic E-state index is -0.116. The second kappa shape index (κ2) is 1.74. The Kier molecular flexibility index (Phi) is 1.08. The molecule has 0 aromatic rings. The van der Waals surface area contributed by atoms with Gasteiger partial charge in [-0.2, -0.15) is 0 Å². The highest BCUT2D eigenvalue weighted by Crippen LogP contribution is 2.07. The Hall–Kier alpha value is -1.18. The lowest BCUT2D eigenvalue weighted by Crippen LogP contribution is -1.96. The summed E-state index contributed by atoms with van der Waals surface area (Å²) in [5.41, 5.74) is 5.72. The Morgan fingerprint density at radius 1 is 1.38 bits per heavy atom. The lowest BCUT2D eigenvalue weighted by Gasteiger charge is -1.89. The summed E-state index contributed by atoms with van der Waals surface area (Å²) in [5, 5.41) is 8.61. The van der Waals surface area contributed by atoms with Gasteiger partial charge in [-0.3, -0.25) is 0 Å². The van der Waals surface area contributed by atoms with Crippen molar-refractivity contribution >= 4 is 0 Å². The molecule has 0 aliphatic heterocycles. The molecule has 0 heterocycles. The van der Waals surface area contributed by atoms with Crippen LogP contribution in [0, 0.1) is 0 Å². The minimum absolute atomic E-state index is 0.116. The standard InChI is InChI=1S/C6H7NO/c7-6(8)5-3-1-2-4-5/h1-4,8H,7H2. The molecule has 0 atom stereocenters. The van der Waals surface area contributed by atoms with Gasteiger partial charge in [0.25, 0.3) is 0 Å². The zero-order valence-corrected chi connectivity index (χ0v) is 4.33. The molecule has 8 heavy (non-hydrogen) atoms. The molecular weight excluding hydrogens is 102 g/mol. The Bertz CT molecular complexity index is 159. The molecule has 0 aromatic carbocycles. The van der Waals surface area contributed by atoms with Crippen LogP contribution in [-0.2, 0) is 0 Å². The molecule has 0 amide bonds. The molecule has 1 rings (SSSR count). The molecule has 0 aromatic heterocycles. The summed E-state index contributed by atoms with van der Waals surface area (Å²) in [5.74, 6) is -0.116. The predicted octanol–water partition coefficient (Wildman–Crippen LogP) is 0.841. The van der Waals surface area contributed by atoms with Gasteiger partial charge in [0.05, 0.1) is 0 Å². The first-order valence-corrected chi connectivity index (χ1v) is 2.34. The summed E-state index contributed by atoms with van der Waals surface area (Å²) in [7, 11) is 0. The van der Waals surface area contributed by atoms with Crippen molar-refractivity contribution in [2.45, 2.75) is 0 Å². The molecule has 2 nitrogen and oxygen atoms in total. The van der Waals surface area contributed by atoms with E-state index in [0.29, 0.717) is 5.57 Å². The van der Waals surface area contributed by atoms with Crippen molar-refractivity contribution in [1.82, 2.24) is 0 Å². The van der Waals surface area contributed by atoms with E-state index in [-0.39, 0.29) is 5.88 Å². The molecule has 0 spiro atoms. The third kappa shape index (κ3) is 0.729. The topological polar surface area (TPSA) is 46.2 Å². The normalized spacial score (nSPS) is 15.2. The average molecular weight is 109 g/mol. The van der Waals surface area contributed by atoms with Crippen molar-refractivity contribution in [3.05, 3.63) is 35.8 Å². The van der Waals surface area contributed by atoms with Gasteiger partial charge in [-0.25, -0.2) is 0 Å². The third-order valence-corrected chi connectivity index (χ3v) is 0.958. The van der Waals surface area contributed by atoms with Crippen LogP contribution in [0.25, 0.3) is 0 Å². The van der Waals surface area contributed by atoms with Crippen molar-refractivity contribution < 1.29 is 5.11 Å². The molecule has 1 aliphatic carbocycles. The number of rotatable bonds is 0. The second-order valence-electron chi connectivity index (χ2n) is 1.56. The summed E-state index contributed by atoms with van der Waals surface area (Å²) in [4.78, 5) is 0. The Labute approximate surface area is 47.6 Å². The van der Waals surface area contributed by atoms with E-state index in [1.807, 2.05) is 12.2 Å². The average Bonchev–Trinajstić information content (AvgIpc) is 2.12. The van der Waals surface area contributed by atoms with E-state index in [0.717, 1.165) is 0 Å². The largest absolute Gasteiger partial charge is 0.495 e. The van der Waals surface area contributed by atoms with E-state index < -0.39 is 0 Å². The van der Waals surface area contributed by atoms with E-state index >= 15 is 0 Å². The van der Waals surface area contributed by atoms with Crippen LogP contribution >= 0.6 is 0 Å². The van der Waals surface area contributed by atoms with Crippen molar-refractivity contribution in [3.8, 4) is 0 Å². The molecule has 0 saturated carbocycles. The predicted molar refractivity (Wildman–Crippen MR) is 32.1 cm³/mol. The molecule has 0 unspecified atom stereocenters. The van der Waals surface area contributed by atoms with Gasteiger partial charge in [-0.05, 0) is 12.2 Å². The van der Waals surface area contributed by atoms with E-state index in [9.17, 15) is 0 Å². The Morgan fingerprint density at radius 3 is 2.12 bits per heavy atom. The molecule has 3 N–H and O–H groups in total. The summed E-state index contributed by atoms with van der Waals surface area (Å²) in [6.07, 6.45) is 7.13. The van der Waals surface area contributed by atoms with Crippen LogP contribution in [0.3, 0.4) is 0 Å². The maximum absolute atomic E-state index is 8.61. The van der Waals surface area contributed by atoms with Crippen molar-refractivity contribution in [2.24, 2.45) is 5.73 Å². The molecular formula is C6H7NO. The van der Waals surface area contributed by atoms with Gasteiger partial charge in [0.15, 0.2) is 5.88 Å². The number of aliphatic hydroxyl groups excluding tert-OH is 1. The maximum Gasteiger partial charge on any atom is 0.188 e. The first kappa shape index (κ1) is 4.97. The fourth-order valence-electron chi connectivity index (χ4n) is 0.545. The van der Waals surface area contributed by atoms with Crippen LogP contribution in [0.5, 0.6) is 0 Å². The number of nitrogens with two attached hydrogens (primary N) is 1. The number of hydrogen-bond acceptors (Lipinski definition) is 2. The Balaban J connectivity index is 2.90. The van der Waals surface area contributed by atoms with Crippen molar-refractivity contribution in [3.63, 3.8) is 0 Å². The SMILES string of the molecule is NC(O)=C1C=CC=C1. The lowest BCUT2D eigenvalue weighted by atomic mass is 10.3. The van der Waals surface area contributed by atoms with Crippen LogP contribution < -0.4 is 5.73 Å². The Morgan fingerprint density at radius 2 is 1.88 bits per heavy atom. The van der Waals surface area contributed by atoms with Gasteiger partial charge in [-0.1, -0.05) is 12.2 Å². The van der Waals surface area contributed by atoms with Gasteiger partial charge in [0.1, 0.15) is 0 Å². The molecule has 42 valence electrons. The molecule has 0 fully saturated rings. The fourth-order valence-corrected chi connectivity index (χ4v) is 0.545. The number of aliphatic hydroxyl groups is 1. The van der Waals surface area contributed by atoms with Gasteiger partial charge >= 0.3 is 0 Å². The van der Waals surface area contributed by atoms with Crippen molar-refractivity contribution in [1.29, 1.82) is 0 Å². The van der Waals surface area contributed by atoms with Crippen LogP contribution in [0.4, 0.5) is 0 Å². The quantitative estimate of drug-likeness (QED) is 0.453. The molecule has 2 heteroatoms. The smallest absolute Gasteiger partial charge is 0.188 e. The summed E-state index contributed by atoms with van der Waals surface area (Å²) >= 11 is 0. The minimum Gasteiger partial charge on any atom is -0.495 e. The first-order valence-electron chi connectivity index (χ1n) is 2.34. The van der Waals surface area contributed by atoms with Crippen LogP contribution in [-0.4, -0.2) is 5.11 Å². The molecule has 0 saturated heterocycles. The van der Waals surface area contributed by atoms with E-state index in [4.69, 9.17) is 10.8 Å². The number of hydrogen-bond donors (Lipinski definition) is 2. The highest BCUT2D eigenvalue weighted by atomic mass is 16.3. The van der Waals surface area contributed by atoms with E-state index in [2.05, 4.69) is 0 Å². The van der Waals surface area contributed by atoms with E-state index in [1.54, 1.807) is 12.2 Å². The summed E-state index contributed by atoms with van der Waals surface area (Å²) in [6.45, 7) is 0. The van der Waals surface area contributed by atoms with Crippen LogP contribution in [0.15, 0.2) is 35.8 Å². The van der Waals surface area contributed by atoms with Crippen LogP contribution in [0.2, 0.25) is 0 Å². The van der Waals surface area contributed by atoms with Crippen molar-refractivity contribution in [2.75, 3.05) is 0 Å². The van der Waals surface area contributed by atoms with Gasteiger partial charge < -0.3 is 10.8 Å². The zero-order valence-electron chi connectivity index (χ0n) is 4.33. The third-order valence-electron chi connectivity index (χ3n) is 0.958. The fraction of sp³-hybridized carbons (Fsp3) is 0. The summed E-state index contributed by atoms with van der Waals surface area (Å²) in [6, 6.07) is 0. The van der Waals surface area contributed by atoms with Gasteiger partial charge in [0.2, 0.25) is 0 Å². The molecule has 1 aliphatic rings. The second-order valence-corrected chi connectivity index (χ2v) is 1.56. The van der Waals surface area contributed by atoms with Crippen LogP contribution in [0.1, 0.15) is 0 Å². The van der Waals surface area contributed by atoms with Gasteiger partial charge in [-0.15, -0.1) is 0 Å². The lowest BCUT2D eigenvalue weighted by molar-refractivity contribution is 0.402. The maximum atomic E-state index is 8.61. The highest BCUT2D eigenvalue weighted by Gasteiger charge is 1.94. The van der Waals surface area contributed by atoms with E-state index in [1.165, 1.54) is 0 Å². The first-order chi connectivity index (χ1) is 3.80.